The van der Waals surface area contributed by atoms with Crippen LogP contribution in [0, 0.1) is 0 Å². The van der Waals surface area contributed by atoms with Crippen LogP contribution in [0.15, 0.2) is 54.6 Å². The van der Waals surface area contributed by atoms with Crippen LogP contribution in [-0.2, 0) is 22.6 Å². The number of benzene rings is 2. The number of amides is 1. The van der Waals surface area contributed by atoms with Crippen molar-refractivity contribution in [3.63, 3.8) is 0 Å². The maximum atomic E-state index is 12.5. The Hall–Kier alpha value is -2.87. The zero-order valence-electron chi connectivity index (χ0n) is 16.2. The third kappa shape index (κ3) is 7.95. The Kier molecular flexibility index (Phi) is 7.78. The minimum absolute atomic E-state index is 0.0725. The molecule has 29 heavy (non-hydrogen) atoms. The largest absolute Gasteiger partial charge is 0.573 e. The van der Waals surface area contributed by atoms with Gasteiger partial charge < -0.3 is 10.1 Å². The number of ketones is 1. The van der Waals surface area contributed by atoms with E-state index < -0.39 is 18.3 Å². The van der Waals surface area contributed by atoms with Crippen molar-refractivity contribution in [2.24, 2.45) is 0 Å². The van der Waals surface area contributed by atoms with Gasteiger partial charge in [-0.3, -0.25) is 14.5 Å². The molecule has 2 rings (SSSR count). The molecule has 0 fully saturated rings. The van der Waals surface area contributed by atoms with Gasteiger partial charge in [0.05, 0.1) is 12.6 Å². The van der Waals surface area contributed by atoms with Gasteiger partial charge >= 0.3 is 6.36 Å². The Balaban J connectivity index is 1.95. The van der Waals surface area contributed by atoms with Crippen molar-refractivity contribution in [1.29, 1.82) is 0 Å². The fraction of sp³-hybridized carbons (Fsp3) is 0.333. The van der Waals surface area contributed by atoms with Gasteiger partial charge in [-0.1, -0.05) is 48.5 Å². The summed E-state index contributed by atoms with van der Waals surface area (Å²) in [4.78, 5) is 25.8. The average Bonchev–Trinajstić information content (AvgIpc) is 2.62. The summed E-state index contributed by atoms with van der Waals surface area (Å²) >= 11 is 0. The molecule has 1 unspecified atom stereocenters. The van der Waals surface area contributed by atoms with E-state index in [-0.39, 0.29) is 24.6 Å². The summed E-state index contributed by atoms with van der Waals surface area (Å²) in [5.41, 5.74) is 1.21. The highest BCUT2D eigenvalue weighted by atomic mass is 19.4. The zero-order valence-corrected chi connectivity index (χ0v) is 16.2. The Labute approximate surface area is 167 Å². The maximum Gasteiger partial charge on any atom is 0.573 e. The van der Waals surface area contributed by atoms with E-state index in [1.54, 1.807) is 18.0 Å². The van der Waals surface area contributed by atoms with Crippen molar-refractivity contribution >= 4 is 11.7 Å². The Morgan fingerprint density at radius 2 is 1.69 bits per heavy atom. The third-order valence-electron chi connectivity index (χ3n) is 4.16. The predicted octanol–water partition coefficient (Wildman–Crippen LogP) is 3.33. The lowest BCUT2D eigenvalue weighted by Crippen LogP contribution is -2.45. The van der Waals surface area contributed by atoms with Crippen LogP contribution < -0.4 is 10.1 Å². The summed E-state index contributed by atoms with van der Waals surface area (Å²) in [6.45, 7) is 1.39. The first-order chi connectivity index (χ1) is 13.6. The van der Waals surface area contributed by atoms with Gasteiger partial charge in [-0.25, -0.2) is 0 Å². The van der Waals surface area contributed by atoms with E-state index in [4.69, 9.17) is 0 Å². The molecule has 5 nitrogen and oxygen atoms in total. The number of hydrogen-bond acceptors (Lipinski definition) is 4. The lowest BCUT2D eigenvalue weighted by molar-refractivity contribution is -0.275. The van der Waals surface area contributed by atoms with E-state index >= 15 is 0 Å². The molecule has 8 heteroatoms. The Bertz CT molecular complexity index is 825. The molecule has 0 saturated heterocycles. The molecule has 0 aromatic heterocycles. The lowest BCUT2D eigenvalue weighted by atomic mass is 10.0. The molecule has 2 aromatic rings. The summed E-state index contributed by atoms with van der Waals surface area (Å²) in [5, 5.41) is 2.69. The zero-order chi connectivity index (χ0) is 21.4. The van der Waals surface area contributed by atoms with E-state index in [0.717, 1.165) is 5.56 Å². The molecular weight excluding hydrogens is 385 g/mol. The highest BCUT2D eigenvalue weighted by molar-refractivity contribution is 5.88. The number of carbonyl (C=O) groups excluding carboxylic acids is 2. The van der Waals surface area contributed by atoms with Crippen molar-refractivity contribution in [3.05, 3.63) is 65.7 Å². The highest BCUT2D eigenvalue weighted by Gasteiger charge is 2.32. The van der Waals surface area contributed by atoms with E-state index in [1.807, 2.05) is 30.3 Å². The van der Waals surface area contributed by atoms with Gasteiger partial charge in [-0.2, -0.15) is 0 Å². The van der Waals surface area contributed by atoms with Crippen molar-refractivity contribution < 1.29 is 27.5 Å². The molecule has 0 aliphatic rings. The van der Waals surface area contributed by atoms with Crippen molar-refractivity contribution in [3.8, 4) is 5.75 Å². The van der Waals surface area contributed by atoms with Crippen LogP contribution in [0.25, 0.3) is 0 Å². The Morgan fingerprint density at radius 3 is 2.31 bits per heavy atom. The quantitative estimate of drug-likeness (QED) is 0.692. The van der Waals surface area contributed by atoms with Crippen LogP contribution in [0.1, 0.15) is 18.1 Å². The van der Waals surface area contributed by atoms with Crippen LogP contribution in [0.2, 0.25) is 0 Å². The number of para-hydroxylation sites is 1. The van der Waals surface area contributed by atoms with Gasteiger partial charge in [0, 0.05) is 12.1 Å². The number of Topliss-reactive ketones (excluding diaryl/α,β-unsaturated/α-hetero) is 1. The van der Waals surface area contributed by atoms with Crippen LogP contribution in [0.5, 0.6) is 5.75 Å². The normalized spacial score (nSPS) is 12.5. The van der Waals surface area contributed by atoms with Crippen LogP contribution >= 0.6 is 0 Å². The molecule has 0 radical (unpaired) electrons. The summed E-state index contributed by atoms with van der Waals surface area (Å²) in [7, 11) is 1.60. The molecule has 1 N–H and O–H groups in total. The first-order valence-corrected chi connectivity index (χ1v) is 9.00. The summed E-state index contributed by atoms with van der Waals surface area (Å²) in [6.07, 6.45) is -4.42. The molecular formula is C21H23F3N2O3. The molecule has 0 aliphatic carbocycles. The second kappa shape index (κ2) is 10.1. The molecule has 2 aromatic carbocycles. The second-order valence-electron chi connectivity index (χ2n) is 6.75. The first kappa shape index (κ1) is 22.4. The predicted molar refractivity (Wildman–Crippen MR) is 102 cm³/mol. The molecule has 0 bridgehead atoms. The lowest BCUT2D eigenvalue weighted by Gasteiger charge is -2.21. The third-order valence-corrected chi connectivity index (χ3v) is 4.16. The number of likely N-dealkylation sites (N-methyl/N-ethyl adjacent to an activating group) is 1. The smallest absolute Gasteiger partial charge is 0.405 e. The number of alkyl halides is 3. The topological polar surface area (TPSA) is 58.6 Å². The van der Waals surface area contributed by atoms with Crippen molar-refractivity contribution in [1.82, 2.24) is 10.2 Å². The number of carbonyl (C=O) groups is 2. The van der Waals surface area contributed by atoms with Gasteiger partial charge in [0.25, 0.3) is 0 Å². The van der Waals surface area contributed by atoms with Gasteiger partial charge in [0.1, 0.15) is 5.75 Å². The molecule has 0 aliphatic heterocycles. The van der Waals surface area contributed by atoms with E-state index in [1.165, 1.54) is 25.1 Å². The minimum Gasteiger partial charge on any atom is -0.405 e. The molecule has 0 heterocycles. The van der Waals surface area contributed by atoms with Crippen LogP contribution in [-0.4, -0.2) is 42.6 Å². The van der Waals surface area contributed by atoms with E-state index in [2.05, 4.69) is 10.1 Å². The maximum absolute atomic E-state index is 12.5. The second-order valence-corrected chi connectivity index (χ2v) is 6.75. The number of halogens is 3. The first-order valence-electron chi connectivity index (χ1n) is 9.00. The molecule has 1 atom stereocenters. The number of nitrogens with one attached hydrogen (secondary N) is 1. The number of hydrogen-bond donors (Lipinski definition) is 1. The van der Waals surface area contributed by atoms with Crippen LogP contribution in [0.3, 0.4) is 0 Å². The summed E-state index contributed by atoms with van der Waals surface area (Å²) in [5.74, 6) is -0.871. The molecule has 0 spiro atoms. The number of ether oxygens (including phenoxy) is 1. The van der Waals surface area contributed by atoms with E-state index in [9.17, 15) is 22.8 Å². The van der Waals surface area contributed by atoms with E-state index in [0.29, 0.717) is 12.0 Å². The number of nitrogens with zero attached hydrogens (tertiary/aromatic N) is 1. The standard InChI is InChI=1S/C21H23F3N2O3/c1-15(27)18(12-16-8-4-3-5-9-16)25-20(28)14-26(2)13-17-10-6-7-11-19(17)29-21(22,23)24/h3-11,18H,12-14H2,1-2H3,(H,25,28). The monoisotopic (exact) mass is 408 g/mol. The summed E-state index contributed by atoms with van der Waals surface area (Å²) in [6, 6.07) is 14.4. The highest BCUT2D eigenvalue weighted by Crippen LogP contribution is 2.26. The minimum atomic E-state index is -4.79. The Morgan fingerprint density at radius 1 is 1.07 bits per heavy atom. The fourth-order valence-corrected chi connectivity index (χ4v) is 2.84. The molecule has 0 saturated carbocycles. The van der Waals surface area contributed by atoms with Crippen molar-refractivity contribution in [2.45, 2.75) is 32.3 Å². The van der Waals surface area contributed by atoms with Gasteiger partial charge in [-0.15, -0.1) is 13.2 Å². The SMILES string of the molecule is CC(=O)C(Cc1ccccc1)NC(=O)CN(C)Cc1ccccc1OC(F)(F)F. The average molecular weight is 408 g/mol. The summed E-state index contributed by atoms with van der Waals surface area (Å²) < 4.78 is 41.6. The van der Waals surface area contributed by atoms with Crippen LogP contribution in [0.4, 0.5) is 13.2 Å². The van der Waals surface area contributed by atoms with Crippen molar-refractivity contribution in [2.75, 3.05) is 13.6 Å². The fourth-order valence-electron chi connectivity index (χ4n) is 2.84. The van der Waals surface area contributed by atoms with Gasteiger partial charge in [0.2, 0.25) is 5.91 Å². The van der Waals surface area contributed by atoms with Gasteiger partial charge in [0.15, 0.2) is 5.78 Å². The molecule has 1 amide bonds. The number of rotatable bonds is 9. The molecule has 156 valence electrons. The van der Waals surface area contributed by atoms with Gasteiger partial charge in [-0.05, 0) is 32.0 Å².